The molecule has 6 nitrogen and oxygen atoms in total. The second kappa shape index (κ2) is 9.83. The van der Waals surface area contributed by atoms with E-state index in [0.29, 0.717) is 22.2 Å². The molecule has 0 aliphatic carbocycles. The fourth-order valence-corrected chi connectivity index (χ4v) is 2.50. The molecule has 0 aliphatic rings. The Morgan fingerprint density at radius 2 is 2.00 bits per heavy atom. The number of aryl methyl sites for hydroxylation is 1. The summed E-state index contributed by atoms with van der Waals surface area (Å²) in [5.41, 5.74) is 2.30. The summed E-state index contributed by atoms with van der Waals surface area (Å²) < 4.78 is 11.0. The summed E-state index contributed by atoms with van der Waals surface area (Å²) in [6, 6.07) is 10.8. The minimum atomic E-state index is -0.351. The second-order valence-electron chi connectivity index (χ2n) is 6.12. The minimum absolute atomic E-state index is 0.0438. The minimum Gasteiger partial charge on any atom is -0.493 e. The zero-order valence-corrected chi connectivity index (χ0v) is 16.5. The van der Waals surface area contributed by atoms with E-state index < -0.39 is 0 Å². The summed E-state index contributed by atoms with van der Waals surface area (Å²) in [6.07, 6.45) is 1.54. The first-order chi connectivity index (χ1) is 12.9. The maximum atomic E-state index is 11.9. The molecule has 0 fully saturated rings. The van der Waals surface area contributed by atoms with Crippen LogP contribution < -0.4 is 14.8 Å². The van der Waals surface area contributed by atoms with E-state index in [1.165, 1.54) is 6.21 Å². The van der Waals surface area contributed by atoms with Gasteiger partial charge in [0.15, 0.2) is 18.1 Å². The summed E-state index contributed by atoms with van der Waals surface area (Å²) in [4.78, 5) is 16.9. The first-order valence-corrected chi connectivity index (χ1v) is 8.83. The number of oxime groups is 1. The number of nitrogens with one attached hydrogen (secondary N) is 1. The van der Waals surface area contributed by atoms with Gasteiger partial charge in [-0.1, -0.05) is 22.8 Å². The van der Waals surface area contributed by atoms with Crippen molar-refractivity contribution in [2.75, 3.05) is 19.0 Å². The molecule has 1 N–H and O–H groups in total. The van der Waals surface area contributed by atoms with Crippen molar-refractivity contribution in [1.29, 1.82) is 0 Å². The van der Waals surface area contributed by atoms with Gasteiger partial charge in [0.25, 0.3) is 5.91 Å². The lowest BCUT2D eigenvalue weighted by Crippen LogP contribution is -2.17. The highest BCUT2D eigenvalue weighted by Gasteiger charge is 2.08. The van der Waals surface area contributed by atoms with Crippen molar-refractivity contribution in [3.63, 3.8) is 0 Å². The van der Waals surface area contributed by atoms with Gasteiger partial charge in [0.2, 0.25) is 0 Å². The predicted molar refractivity (Wildman–Crippen MR) is 107 cm³/mol. The van der Waals surface area contributed by atoms with Gasteiger partial charge in [-0.3, -0.25) is 4.79 Å². The van der Waals surface area contributed by atoms with Crippen LogP contribution in [0.1, 0.15) is 25.0 Å². The van der Waals surface area contributed by atoms with Gasteiger partial charge in [-0.05, 0) is 56.7 Å². The maximum Gasteiger partial charge on any atom is 0.265 e. The highest BCUT2D eigenvalue weighted by molar-refractivity contribution is 6.33. The van der Waals surface area contributed by atoms with Gasteiger partial charge in [-0.2, -0.15) is 0 Å². The summed E-state index contributed by atoms with van der Waals surface area (Å²) in [6.45, 7) is 5.58. The first-order valence-electron chi connectivity index (χ1n) is 8.45. The summed E-state index contributed by atoms with van der Waals surface area (Å²) in [7, 11) is 1.57. The van der Waals surface area contributed by atoms with Crippen LogP contribution in [0.5, 0.6) is 11.5 Å². The highest BCUT2D eigenvalue weighted by Crippen LogP contribution is 2.28. The molecule has 0 bridgehead atoms. The molecule has 0 saturated heterocycles. The molecule has 0 spiro atoms. The standard InChI is InChI=1S/C20H23ClN2O4/c1-13(2)27-18-8-6-15(10-19(18)25-4)11-22-26-12-20(24)23-17-7-5-14(3)9-16(17)21/h5-11,13H,12H2,1-4H3,(H,23,24)/b22-11-. The predicted octanol–water partition coefficient (Wildman–Crippen LogP) is 4.43. The van der Waals surface area contributed by atoms with Crippen molar-refractivity contribution in [1.82, 2.24) is 0 Å². The summed E-state index contributed by atoms with van der Waals surface area (Å²) in [5.74, 6) is 0.899. The van der Waals surface area contributed by atoms with E-state index in [-0.39, 0.29) is 18.6 Å². The molecule has 2 rings (SSSR count). The molecule has 0 aliphatic heterocycles. The molecule has 0 heterocycles. The Hall–Kier alpha value is -2.73. The van der Waals surface area contributed by atoms with Crippen LogP contribution in [0, 0.1) is 6.92 Å². The van der Waals surface area contributed by atoms with Crippen molar-refractivity contribution in [3.8, 4) is 11.5 Å². The Morgan fingerprint density at radius 1 is 1.22 bits per heavy atom. The molecule has 7 heteroatoms. The SMILES string of the molecule is COc1cc(/C=N\OCC(=O)Nc2ccc(C)cc2Cl)ccc1OC(C)C. The Kier molecular flexibility index (Phi) is 7.49. The molecule has 0 atom stereocenters. The van der Waals surface area contributed by atoms with E-state index in [2.05, 4.69) is 10.5 Å². The molecule has 1 amide bonds. The number of anilines is 1. The number of ether oxygens (including phenoxy) is 2. The highest BCUT2D eigenvalue weighted by atomic mass is 35.5. The van der Waals surface area contributed by atoms with Crippen LogP contribution in [0.4, 0.5) is 5.69 Å². The van der Waals surface area contributed by atoms with Crippen LogP contribution in [0.2, 0.25) is 5.02 Å². The van der Waals surface area contributed by atoms with Gasteiger partial charge in [-0.25, -0.2) is 0 Å². The maximum absolute atomic E-state index is 11.9. The molecular formula is C20H23ClN2O4. The van der Waals surface area contributed by atoms with Crippen molar-refractivity contribution in [3.05, 3.63) is 52.5 Å². The van der Waals surface area contributed by atoms with Crippen molar-refractivity contribution < 1.29 is 19.1 Å². The Bertz CT molecular complexity index is 822. The number of carbonyl (C=O) groups excluding carboxylic acids is 1. The number of nitrogens with zero attached hydrogens (tertiary/aromatic N) is 1. The van der Waals surface area contributed by atoms with Crippen molar-refractivity contribution in [2.24, 2.45) is 5.16 Å². The van der Waals surface area contributed by atoms with Gasteiger partial charge in [0.05, 0.1) is 30.1 Å². The normalized spacial score (nSPS) is 10.9. The lowest BCUT2D eigenvalue weighted by molar-refractivity contribution is -0.120. The number of halogens is 1. The lowest BCUT2D eigenvalue weighted by atomic mass is 10.2. The largest absolute Gasteiger partial charge is 0.493 e. The fourth-order valence-electron chi connectivity index (χ4n) is 2.22. The Labute approximate surface area is 164 Å². The molecule has 2 aromatic rings. The van der Waals surface area contributed by atoms with E-state index in [9.17, 15) is 4.79 Å². The topological polar surface area (TPSA) is 69.2 Å². The third-order valence-electron chi connectivity index (χ3n) is 3.42. The fraction of sp³-hybridized carbons (Fsp3) is 0.300. The number of carbonyl (C=O) groups is 1. The third-order valence-corrected chi connectivity index (χ3v) is 3.73. The molecule has 0 aromatic heterocycles. The van der Waals surface area contributed by atoms with Crippen LogP contribution in [0.15, 0.2) is 41.6 Å². The van der Waals surface area contributed by atoms with Crippen LogP contribution >= 0.6 is 11.6 Å². The second-order valence-corrected chi connectivity index (χ2v) is 6.52. The van der Waals surface area contributed by atoms with Crippen molar-refractivity contribution in [2.45, 2.75) is 26.9 Å². The molecule has 2 aromatic carbocycles. The molecular weight excluding hydrogens is 368 g/mol. The monoisotopic (exact) mass is 390 g/mol. The van der Waals surface area contributed by atoms with Crippen LogP contribution in [0.25, 0.3) is 0 Å². The van der Waals surface area contributed by atoms with E-state index in [1.54, 1.807) is 31.4 Å². The van der Waals surface area contributed by atoms with Crippen LogP contribution in [-0.2, 0) is 9.63 Å². The number of hydrogen-bond acceptors (Lipinski definition) is 5. The molecule has 144 valence electrons. The third kappa shape index (κ3) is 6.49. The number of rotatable bonds is 8. The molecule has 0 unspecified atom stereocenters. The van der Waals surface area contributed by atoms with Gasteiger partial charge >= 0.3 is 0 Å². The smallest absolute Gasteiger partial charge is 0.265 e. The average Bonchev–Trinajstić information content (AvgIpc) is 2.61. The van der Waals surface area contributed by atoms with E-state index in [0.717, 1.165) is 11.1 Å². The van der Waals surface area contributed by atoms with Crippen molar-refractivity contribution >= 4 is 29.4 Å². The lowest BCUT2D eigenvalue weighted by Gasteiger charge is -2.13. The Morgan fingerprint density at radius 3 is 2.67 bits per heavy atom. The van der Waals surface area contributed by atoms with Gasteiger partial charge in [0.1, 0.15) is 0 Å². The van der Waals surface area contributed by atoms with Crippen LogP contribution in [0.3, 0.4) is 0 Å². The zero-order chi connectivity index (χ0) is 19.8. The summed E-state index contributed by atoms with van der Waals surface area (Å²) in [5, 5.41) is 6.96. The van der Waals surface area contributed by atoms with Crippen LogP contribution in [-0.4, -0.2) is 31.9 Å². The number of amides is 1. The quantitative estimate of drug-likeness (QED) is 0.534. The Balaban J connectivity index is 1.88. The van der Waals surface area contributed by atoms with E-state index in [1.807, 2.05) is 32.9 Å². The molecule has 27 heavy (non-hydrogen) atoms. The number of methoxy groups -OCH3 is 1. The first kappa shape index (κ1) is 20.6. The summed E-state index contributed by atoms with van der Waals surface area (Å²) >= 11 is 6.08. The average molecular weight is 391 g/mol. The zero-order valence-electron chi connectivity index (χ0n) is 15.8. The van der Waals surface area contributed by atoms with E-state index in [4.69, 9.17) is 25.9 Å². The number of benzene rings is 2. The van der Waals surface area contributed by atoms with E-state index >= 15 is 0 Å². The van der Waals surface area contributed by atoms with Gasteiger partial charge < -0.3 is 19.6 Å². The van der Waals surface area contributed by atoms with Gasteiger partial charge in [0, 0.05) is 5.56 Å². The molecule has 0 radical (unpaired) electrons. The number of hydrogen-bond donors (Lipinski definition) is 1. The molecule has 0 saturated carbocycles. The van der Waals surface area contributed by atoms with Gasteiger partial charge in [-0.15, -0.1) is 0 Å².